The van der Waals surface area contributed by atoms with E-state index < -0.39 is 11.8 Å². The third kappa shape index (κ3) is 3.39. The highest BCUT2D eigenvalue weighted by Crippen LogP contribution is 2.38. The number of carbonyl (C=O) groups is 2. The lowest BCUT2D eigenvalue weighted by molar-refractivity contribution is 0.0943. The first-order valence-corrected chi connectivity index (χ1v) is 9.45. The number of nitrogens with one attached hydrogen (secondary N) is 2. The van der Waals surface area contributed by atoms with Crippen LogP contribution in [-0.4, -0.2) is 22.0 Å². The summed E-state index contributed by atoms with van der Waals surface area (Å²) in [5, 5.41) is 24.7. The number of fused-ring (bicyclic) bond motifs is 2. The van der Waals surface area contributed by atoms with Gasteiger partial charge in [-0.15, -0.1) is 0 Å². The van der Waals surface area contributed by atoms with Crippen LogP contribution in [0.2, 0.25) is 0 Å². The normalized spacial score (nSPS) is 10.9. The maximum absolute atomic E-state index is 12.2. The number of hydrazine groups is 2. The minimum Gasteiger partial charge on any atom is -0.507 e. The molecule has 0 bridgehead atoms. The van der Waals surface area contributed by atoms with Crippen LogP contribution in [0.4, 0.5) is 0 Å². The number of amides is 2. The number of phenolic OH excluding ortho intramolecular Hbond substituents is 2. The number of aromatic hydroxyl groups is 2. The van der Waals surface area contributed by atoms with Crippen molar-refractivity contribution in [1.29, 1.82) is 0 Å². The van der Waals surface area contributed by atoms with Crippen LogP contribution in [0.3, 0.4) is 0 Å². The van der Waals surface area contributed by atoms with Gasteiger partial charge in [0.15, 0.2) is 0 Å². The first-order chi connectivity index (χ1) is 15.0. The van der Waals surface area contributed by atoms with Crippen molar-refractivity contribution in [2.45, 2.75) is 6.42 Å². The fourth-order valence-electron chi connectivity index (χ4n) is 3.86. The molecule has 4 aromatic rings. The van der Waals surface area contributed by atoms with Crippen LogP contribution < -0.4 is 22.5 Å². The van der Waals surface area contributed by atoms with Crippen LogP contribution in [0.5, 0.6) is 11.5 Å². The molecule has 8 heteroatoms. The molecule has 8 N–H and O–H groups in total. The molecule has 31 heavy (non-hydrogen) atoms. The minimum absolute atomic E-state index is 0.0100. The minimum atomic E-state index is -0.644. The van der Waals surface area contributed by atoms with Crippen molar-refractivity contribution in [3.8, 4) is 11.5 Å². The van der Waals surface area contributed by atoms with E-state index in [1.807, 2.05) is 59.4 Å². The number of hydrogen-bond donors (Lipinski definition) is 6. The van der Waals surface area contributed by atoms with E-state index in [1.54, 1.807) is 12.1 Å². The molecule has 0 aliphatic rings. The number of hydrogen-bond acceptors (Lipinski definition) is 6. The van der Waals surface area contributed by atoms with Crippen molar-refractivity contribution in [2.75, 3.05) is 0 Å². The average Bonchev–Trinajstić information content (AvgIpc) is 2.80. The lowest BCUT2D eigenvalue weighted by Gasteiger charge is -2.17. The molecule has 0 radical (unpaired) electrons. The van der Waals surface area contributed by atoms with E-state index in [9.17, 15) is 19.8 Å². The summed E-state index contributed by atoms with van der Waals surface area (Å²) >= 11 is 0. The number of rotatable bonds is 4. The average molecular weight is 416 g/mol. The zero-order valence-corrected chi connectivity index (χ0v) is 16.3. The van der Waals surface area contributed by atoms with Gasteiger partial charge >= 0.3 is 0 Å². The smallest absolute Gasteiger partial charge is 0.268 e. The van der Waals surface area contributed by atoms with Gasteiger partial charge < -0.3 is 10.2 Å². The predicted octanol–water partition coefficient (Wildman–Crippen LogP) is 2.20. The summed E-state index contributed by atoms with van der Waals surface area (Å²) in [6.07, 6.45) is 0.0517. The molecule has 156 valence electrons. The first-order valence-electron chi connectivity index (χ1n) is 9.45. The summed E-state index contributed by atoms with van der Waals surface area (Å²) in [6.45, 7) is 0. The highest BCUT2D eigenvalue weighted by molar-refractivity contribution is 6.05. The van der Waals surface area contributed by atoms with E-state index >= 15 is 0 Å². The van der Waals surface area contributed by atoms with Crippen LogP contribution in [0.1, 0.15) is 31.8 Å². The lowest BCUT2D eigenvalue weighted by atomic mass is 9.90. The maximum atomic E-state index is 12.2. The summed E-state index contributed by atoms with van der Waals surface area (Å²) in [6, 6.07) is 17.6. The fraction of sp³-hybridized carbons (Fsp3) is 0.0435. The second-order valence-corrected chi connectivity index (χ2v) is 7.07. The molecular weight excluding hydrogens is 396 g/mol. The molecule has 0 saturated heterocycles. The highest BCUT2D eigenvalue weighted by Gasteiger charge is 2.22. The molecule has 0 aliphatic heterocycles. The molecule has 0 spiro atoms. The van der Waals surface area contributed by atoms with Crippen LogP contribution in [-0.2, 0) is 6.42 Å². The van der Waals surface area contributed by atoms with Crippen molar-refractivity contribution in [3.63, 3.8) is 0 Å². The van der Waals surface area contributed by atoms with Crippen LogP contribution in [0.15, 0.2) is 60.7 Å². The maximum Gasteiger partial charge on any atom is 0.268 e. The number of benzene rings is 4. The highest BCUT2D eigenvalue weighted by atomic mass is 16.3. The number of phenols is 2. The van der Waals surface area contributed by atoms with Crippen molar-refractivity contribution in [2.24, 2.45) is 11.7 Å². The molecule has 0 atom stereocenters. The van der Waals surface area contributed by atoms with Crippen LogP contribution in [0.25, 0.3) is 21.5 Å². The van der Waals surface area contributed by atoms with Gasteiger partial charge in [0.1, 0.15) is 11.5 Å². The summed E-state index contributed by atoms with van der Waals surface area (Å²) in [4.78, 5) is 24.5. The summed E-state index contributed by atoms with van der Waals surface area (Å²) in [7, 11) is 0. The van der Waals surface area contributed by atoms with E-state index in [2.05, 4.69) is 0 Å². The van der Waals surface area contributed by atoms with E-state index in [0.717, 1.165) is 0 Å². The van der Waals surface area contributed by atoms with E-state index in [-0.39, 0.29) is 29.0 Å². The Hall–Kier alpha value is -4.14. The van der Waals surface area contributed by atoms with Crippen LogP contribution >= 0.6 is 0 Å². The Morgan fingerprint density at radius 3 is 1.48 bits per heavy atom. The third-order valence-electron chi connectivity index (χ3n) is 5.36. The zero-order valence-electron chi connectivity index (χ0n) is 16.3. The quantitative estimate of drug-likeness (QED) is 0.170. The molecule has 0 aliphatic carbocycles. The van der Waals surface area contributed by atoms with Gasteiger partial charge in [0.25, 0.3) is 11.8 Å². The van der Waals surface area contributed by atoms with Crippen molar-refractivity contribution in [3.05, 3.63) is 82.9 Å². The SMILES string of the molecule is NNC(=O)c1cc2ccccc2c(Cc2c(O)c(C(=O)NN)cc3ccccc23)c1O. The Morgan fingerprint density at radius 2 is 1.10 bits per heavy atom. The first kappa shape index (κ1) is 20.1. The molecule has 0 saturated carbocycles. The van der Waals surface area contributed by atoms with E-state index in [0.29, 0.717) is 32.7 Å². The number of carbonyl (C=O) groups excluding carboxylic acids is 2. The van der Waals surface area contributed by atoms with Crippen LogP contribution in [0, 0.1) is 0 Å². The molecular formula is C23H20N4O4. The van der Waals surface area contributed by atoms with E-state index in [4.69, 9.17) is 11.7 Å². The van der Waals surface area contributed by atoms with Gasteiger partial charge in [-0.1, -0.05) is 48.5 Å². The number of nitrogen functional groups attached to an aromatic ring is 2. The molecule has 8 nitrogen and oxygen atoms in total. The summed E-state index contributed by atoms with van der Waals surface area (Å²) in [5.41, 5.74) is 4.93. The largest absolute Gasteiger partial charge is 0.507 e. The Kier molecular flexibility index (Phi) is 5.16. The molecule has 2 amide bonds. The second kappa shape index (κ2) is 7.94. The summed E-state index contributed by atoms with van der Waals surface area (Å²) in [5.74, 6) is 8.77. The van der Waals surface area contributed by atoms with Gasteiger partial charge in [-0.25, -0.2) is 11.7 Å². The molecule has 0 fully saturated rings. The Labute approximate surface area is 177 Å². The van der Waals surface area contributed by atoms with E-state index in [1.165, 1.54) is 0 Å². The van der Waals surface area contributed by atoms with Gasteiger partial charge in [0.05, 0.1) is 11.1 Å². The Morgan fingerprint density at radius 1 is 0.710 bits per heavy atom. The van der Waals surface area contributed by atoms with Crippen molar-refractivity contribution >= 4 is 33.4 Å². The topological polar surface area (TPSA) is 151 Å². The molecule has 4 aromatic carbocycles. The lowest BCUT2D eigenvalue weighted by Crippen LogP contribution is -2.30. The molecule has 0 aromatic heterocycles. The van der Waals surface area contributed by atoms with Gasteiger partial charge in [-0.3, -0.25) is 20.4 Å². The molecule has 4 rings (SSSR count). The van der Waals surface area contributed by atoms with Crippen molar-refractivity contribution in [1.82, 2.24) is 10.9 Å². The fourth-order valence-corrected chi connectivity index (χ4v) is 3.86. The van der Waals surface area contributed by atoms with Gasteiger partial charge in [-0.2, -0.15) is 0 Å². The van der Waals surface area contributed by atoms with Gasteiger partial charge in [-0.05, 0) is 33.7 Å². The second-order valence-electron chi connectivity index (χ2n) is 7.07. The monoisotopic (exact) mass is 416 g/mol. The summed E-state index contributed by atoms with van der Waals surface area (Å²) < 4.78 is 0. The molecule has 0 heterocycles. The molecule has 0 unspecified atom stereocenters. The third-order valence-corrected chi connectivity index (χ3v) is 5.36. The number of nitrogens with two attached hydrogens (primary N) is 2. The Bertz CT molecular complexity index is 1250. The van der Waals surface area contributed by atoms with Crippen molar-refractivity contribution < 1.29 is 19.8 Å². The predicted molar refractivity (Wildman–Crippen MR) is 117 cm³/mol. The van der Waals surface area contributed by atoms with Gasteiger partial charge in [0, 0.05) is 17.5 Å². The Balaban J connectivity index is 2.02. The van der Waals surface area contributed by atoms with Gasteiger partial charge in [0.2, 0.25) is 0 Å². The standard InChI is InChI=1S/C23H20N4O4/c24-26-22(30)18-9-12-5-1-3-7-14(12)16(20(18)28)11-17-15-8-4-2-6-13(15)10-19(21(17)29)23(31)27-25/h1-10,28-29H,11,24-25H2,(H,26,30)(H,27,31). The zero-order chi connectivity index (χ0) is 22.1.